The van der Waals surface area contributed by atoms with Crippen molar-refractivity contribution in [3.8, 4) is 5.75 Å². The third kappa shape index (κ3) is 7.37. The van der Waals surface area contributed by atoms with E-state index in [1.54, 1.807) is 76.2 Å². The predicted octanol–water partition coefficient (Wildman–Crippen LogP) is 3.30. The molecule has 2 bridgehead atoms. The number of carbonyl (C=O) groups is 6. The summed E-state index contributed by atoms with van der Waals surface area (Å²) in [5.41, 5.74) is -6.41. The highest BCUT2D eigenvalue weighted by Gasteiger charge is 2.78. The molecule has 2 saturated carbocycles. The van der Waals surface area contributed by atoms with Gasteiger partial charge in [-0.2, -0.15) is 0 Å². The number of aliphatic hydroxyl groups is 3. The number of nitrogens with one attached hydrogen (secondary N) is 1. The minimum Gasteiger partial charge on any atom is -0.487 e. The van der Waals surface area contributed by atoms with Gasteiger partial charge in [-0.15, -0.1) is 0 Å². The number of Topliss-reactive ketones (excluding diaryl/α,β-unsaturated/α-hetero) is 2. The molecule has 1 aliphatic heterocycles. The lowest BCUT2D eigenvalue weighted by Gasteiger charge is -2.67. The van der Waals surface area contributed by atoms with E-state index in [0.29, 0.717) is 18.3 Å². The van der Waals surface area contributed by atoms with Gasteiger partial charge in [0.1, 0.15) is 35.9 Å². The third-order valence-corrected chi connectivity index (χ3v) is 13.4. The highest BCUT2D eigenvalue weighted by molar-refractivity contribution is 5.95. The summed E-state index contributed by atoms with van der Waals surface area (Å²) in [6.45, 7) is 11.5. The lowest BCUT2D eigenvalue weighted by atomic mass is 9.44. The minimum absolute atomic E-state index is 0.0694. The molecule has 0 radical (unpaired) electrons. The van der Waals surface area contributed by atoms with Gasteiger partial charge >= 0.3 is 17.9 Å². The molecule has 15 heteroatoms. The molecule has 15 nitrogen and oxygen atoms in total. The maximum atomic E-state index is 15.5. The van der Waals surface area contributed by atoms with Crippen LogP contribution in [0.25, 0.3) is 0 Å². The average Bonchev–Trinajstić information content (AvgIpc) is 3.19. The van der Waals surface area contributed by atoms with Gasteiger partial charge in [0.2, 0.25) is 0 Å². The summed E-state index contributed by atoms with van der Waals surface area (Å²) in [6.07, 6.45) is -8.70. The van der Waals surface area contributed by atoms with E-state index in [4.69, 9.17) is 23.7 Å². The summed E-state index contributed by atoms with van der Waals surface area (Å²) < 4.78 is 30.9. The molecular formula is C45H55NO14. The summed E-state index contributed by atoms with van der Waals surface area (Å²) in [7, 11) is 0. The molecule has 12 unspecified atom stereocenters. The summed E-state index contributed by atoms with van der Waals surface area (Å²) in [6, 6.07) is 12.8. The topological polar surface area (TPSA) is 221 Å². The first-order valence-electron chi connectivity index (χ1n) is 20.2. The van der Waals surface area contributed by atoms with E-state index < -0.39 is 107 Å². The molecule has 4 N–H and O–H groups in total. The molecule has 6 rings (SSSR count). The number of rotatable bonds is 13. The van der Waals surface area contributed by atoms with Gasteiger partial charge in [0.25, 0.3) is 0 Å². The summed E-state index contributed by atoms with van der Waals surface area (Å²) in [5, 5.41) is 40.6. The van der Waals surface area contributed by atoms with Gasteiger partial charge < -0.3 is 43.8 Å². The smallest absolute Gasteiger partial charge is 0.337 e. The molecular weight excluding hydrogens is 778 g/mol. The summed E-state index contributed by atoms with van der Waals surface area (Å²) in [4.78, 5) is 80.2. The molecule has 60 heavy (non-hydrogen) atoms. The number of benzene rings is 2. The second kappa shape index (κ2) is 16.6. The Morgan fingerprint density at radius 1 is 1.00 bits per heavy atom. The zero-order valence-electron chi connectivity index (χ0n) is 35.1. The lowest BCUT2D eigenvalue weighted by Crippen LogP contribution is -2.82. The largest absolute Gasteiger partial charge is 0.487 e. The van der Waals surface area contributed by atoms with Crippen LogP contribution in [0.5, 0.6) is 5.75 Å². The second-order valence-corrected chi connectivity index (χ2v) is 17.3. The van der Waals surface area contributed by atoms with E-state index in [9.17, 15) is 39.3 Å². The number of ether oxygens (including phenoxy) is 5. The Morgan fingerprint density at radius 3 is 2.25 bits per heavy atom. The molecule has 0 spiro atoms. The van der Waals surface area contributed by atoms with Crippen LogP contribution in [-0.4, -0.2) is 112 Å². The molecule has 0 amide bonds. The van der Waals surface area contributed by atoms with Crippen molar-refractivity contribution in [2.24, 2.45) is 16.7 Å². The van der Waals surface area contributed by atoms with Crippen molar-refractivity contribution in [1.82, 2.24) is 5.32 Å². The van der Waals surface area contributed by atoms with Crippen LogP contribution in [0.2, 0.25) is 0 Å². The Morgan fingerprint density at radius 2 is 1.68 bits per heavy atom. The summed E-state index contributed by atoms with van der Waals surface area (Å²) in [5.74, 6) is -5.14. The van der Waals surface area contributed by atoms with Crippen LogP contribution < -0.4 is 10.1 Å². The Labute approximate surface area is 348 Å². The number of aldehydes is 1. The van der Waals surface area contributed by atoms with E-state index >= 15 is 4.79 Å². The van der Waals surface area contributed by atoms with Gasteiger partial charge in [0.05, 0.1) is 36.1 Å². The monoisotopic (exact) mass is 833 g/mol. The molecule has 1 saturated heterocycles. The zero-order chi connectivity index (χ0) is 44.1. The summed E-state index contributed by atoms with van der Waals surface area (Å²) >= 11 is 0. The molecule has 2 aromatic rings. The van der Waals surface area contributed by atoms with Gasteiger partial charge in [-0.3, -0.25) is 24.5 Å². The Hall–Kier alpha value is -4.80. The first-order valence-corrected chi connectivity index (χ1v) is 20.2. The predicted molar refractivity (Wildman–Crippen MR) is 212 cm³/mol. The van der Waals surface area contributed by atoms with Crippen LogP contribution >= 0.6 is 0 Å². The van der Waals surface area contributed by atoms with Crippen molar-refractivity contribution in [2.45, 2.75) is 135 Å². The molecule has 324 valence electrons. The minimum atomic E-state index is -2.25. The standard InChI is InChI=1S/C45H55NO14/c1-9-29(21-47)46-35(27-14-11-10-12-15-27)36(52)41(54)59-31-20-45(55)40(58-30-17-13-16-28(18-30)24(3)48)38-43(8,32(51)19-33-44(38,22-56-33)60-26(5)50)39(53)37(57-25(4)49)34(23(31)2)42(45,6)7/h10-18,21,29,31-33,35-38,40,46,51-52,55H,9,19-20,22H2,1-8H3. The number of hydrogen-bond acceptors (Lipinski definition) is 15. The molecule has 1 heterocycles. The van der Waals surface area contributed by atoms with Crippen LogP contribution in [0.4, 0.5) is 0 Å². The van der Waals surface area contributed by atoms with Gasteiger partial charge in [-0.25, -0.2) is 4.79 Å². The molecule has 2 aromatic carbocycles. The number of fused-ring (bicyclic) bond motifs is 5. The fourth-order valence-electron chi connectivity index (χ4n) is 10.1. The molecule has 0 aromatic heterocycles. The third-order valence-electron chi connectivity index (χ3n) is 13.4. The van der Waals surface area contributed by atoms with Gasteiger partial charge in [-0.05, 0) is 56.0 Å². The molecule has 3 fully saturated rings. The van der Waals surface area contributed by atoms with Crippen molar-refractivity contribution < 1.29 is 67.8 Å². The maximum absolute atomic E-state index is 15.5. The average molecular weight is 834 g/mol. The second-order valence-electron chi connectivity index (χ2n) is 17.3. The number of carbonyl (C=O) groups excluding carboxylic acids is 6. The van der Waals surface area contributed by atoms with Crippen molar-refractivity contribution in [3.63, 3.8) is 0 Å². The fraction of sp³-hybridized carbons (Fsp3) is 0.556. The Bertz CT molecular complexity index is 2070. The fourth-order valence-corrected chi connectivity index (χ4v) is 10.1. The van der Waals surface area contributed by atoms with Gasteiger partial charge in [-0.1, -0.05) is 63.2 Å². The van der Waals surface area contributed by atoms with Crippen molar-refractivity contribution in [2.75, 3.05) is 6.61 Å². The van der Waals surface area contributed by atoms with E-state index in [0.717, 1.165) is 6.92 Å². The van der Waals surface area contributed by atoms with E-state index in [2.05, 4.69) is 5.32 Å². The first kappa shape index (κ1) is 44.7. The van der Waals surface area contributed by atoms with E-state index in [1.807, 2.05) is 0 Å². The van der Waals surface area contributed by atoms with E-state index in [1.165, 1.54) is 26.8 Å². The zero-order valence-corrected chi connectivity index (χ0v) is 35.1. The van der Waals surface area contributed by atoms with Crippen LogP contribution in [0.3, 0.4) is 0 Å². The number of ketones is 2. The Balaban J connectivity index is 1.58. The van der Waals surface area contributed by atoms with Gasteiger partial charge in [0.15, 0.2) is 29.4 Å². The molecule has 12 atom stereocenters. The number of hydrogen-bond donors (Lipinski definition) is 4. The van der Waals surface area contributed by atoms with Crippen molar-refractivity contribution in [1.29, 1.82) is 0 Å². The van der Waals surface area contributed by atoms with Crippen LogP contribution in [0.1, 0.15) is 96.6 Å². The quantitative estimate of drug-likeness (QED) is 0.0748. The van der Waals surface area contributed by atoms with Gasteiger partial charge in [0, 0.05) is 37.7 Å². The Kier molecular flexibility index (Phi) is 12.4. The van der Waals surface area contributed by atoms with Crippen LogP contribution in [0.15, 0.2) is 65.7 Å². The molecule has 4 aliphatic rings. The normalized spacial score (nSPS) is 33.2. The van der Waals surface area contributed by atoms with Crippen LogP contribution in [0, 0.1) is 16.7 Å². The highest BCUT2D eigenvalue weighted by atomic mass is 16.6. The van der Waals surface area contributed by atoms with Crippen molar-refractivity contribution in [3.05, 3.63) is 76.9 Å². The maximum Gasteiger partial charge on any atom is 0.337 e. The lowest BCUT2D eigenvalue weighted by molar-refractivity contribution is -0.343. The first-order chi connectivity index (χ1) is 28.2. The van der Waals surface area contributed by atoms with E-state index in [-0.39, 0.29) is 41.3 Å². The van der Waals surface area contributed by atoms with Crippen molar-refractivity contribution >= 4 is 35.8 Å². The number of aliphatic hydroxyl groups excluding tert-OH is 2. The molecule has 3 aliphatic carbocycles. The number of esters is 3. The van der Waals surface area contributed by atoms with Crippen LogP contribution in [-0.2, 0) is 42.9 Å². The SMILES string of the molecule is CCC(C=O)NC(c1ccccc1)C(O)C(=O)OC1CC2(O)C(Oc3cccc(C(C)=O)c3)C3C4(OC(C)=O)COC4CC(O)C3(C)C(=O)C(OC(C)=O)C(=C1C)C2(C)C. The highest BCUT2D eigenvalue weighted by Crippen LogP contribution is 2.64.